The third-order valence-electron chi connectivity index (χ3n) is 2.28. The second-order valence-electron chi connectivity index (χ2n) is 3.53. The molecule has 0 radical (unpaired) electrons. The first-order valence-corrected chi connectivity index (χ1v) is 5.31. The lowest BCUT2D eigenvalue weighted by molar-refractivity contribution is 0.212. The quantitative estimate of drug-likeness (QED) is 0.458. The molecule has 0 saturated carbocycles. The second-order valence-corrected chi connectivity index (χ2v) is 3.53. The molecule has 4 heteroatoms. The molecular formula is C12H17NO3. The molecule has 0 aliphatic carbocycles. The molecule has 0 aromatic heterocycles. The Morgan fingerprint density at radius 2 is 2.06 bits per heavy atom. The summed E-state index contributed by atoms with van der Waals surface area (Å²) in [5.74, 6) is -0.270. The van der Waals surface area contributed by atoms with Crippen molar-refractivity contribution in [1.29, 1.82) is 0 Å². The van der Waals surface area contributed by atoms with E-state index in [2.05, 4.69) is 12.1 Å². The molecule has 0 unspecified atom stereocenters. The Hall–Kier alpha value is -1.71. The summed E-state index contributed by atoms with van der Waals surface area (Å²) in [6.07, 6.45) is 2.85. The Labute approximate surface area is 95.2 Å². The summed E-state index contributed by atoms with van der Waals surface area (Å²) in [6.45, 7) is 2.10. The standard InChI is InChI=1S/C12H17NO3/c1-3-4-5-10(13-16-2)9-6-7-11(14)12(15)8-9/h6-8,14-15H,3-5H2,1-2H3/b13-10-. The van der Waals surface area contributed by atoms with Gasteiger partial charge in [-0.15, -0.1) is 0 Å². The van der Waals surface area contributed by atoms with Gasteiger partial charge < -0.3 is 15.1 Å². The highest BCUT2D eigenvalue weighted by Gasteiger charge is 2.07. The number of unbranched alkanes of at least 4 members (excludes halogenated alkanes) is 1. The van der Waals surface area contributed by atoms with Crippen molar-refractivity contribution in [2.75, 3.05) is 7.11 Å². The molecule has 0 atom stereocenters. The first kappa shape index (κ1) is 12.4. The predicted molar refractivity (Wildman–Crippen MR) is 62.8 cm³/mol. The topological polar surface area (TPSA) is 62.0 Å². The van der Waals surface area contributed by atoms with Gasteiger partial charge in [-0.3, -0.25) is 0 Å². The zero-order chi connectivity index (χ0) is 12.0. The molecule has 0 spiro atoms. The summed E-state index contributed by atoms with van der Waals surface area (Å²) in [4.78, 5) is 4.77. The molecule has 0 saturated heterocycles. The fraction of sp³-hybridized carbons (Fsp3) is 0.417. The maximum Gasteiger partial charge on any atom is 0.158 e. The zero-order valence-electron chi connectivity index (χ0n) is 9.60. The summed E-state index contributed by atoms with van der Waals surface area (Å²) in [6, 6.07) is 4.65. The first-order chi connectivity index (χ1) is 7.69. The van der Waals surface area contributed by atoms with Gasteiger partial charge in [0.25, 0.3) is 0 Å². The van der Waals surface area contributed by atoms with Crippen LogP contribution in [0.4, 0.5) is 0 Å². The fourth-order valence-electron chi connectivity index (χ4n) is 1.40. The third kappa shape index (κ3) is 3.15. The highest BCUT2D eigenvalue weighted by molar-refractivity contribution is 6.00. The lowest BCUT2D eigenvalue weighted by atomic mass is 10.0. The van der Waals surface area contributed by atoms with Gasteiger partial charge in [-0.1, -0.05) is 18.5 Å². The Morgan fingerprint density at radius 1 is 1.31 bits per heavy atom. The van der Waals surface area contributed by atoms with Crippen LogP contribution in [-0.2, 0) is 4.84 Å². The fourth-order valence-corrected chi connectivity index (χ4v) is 1.40. The number of hydrogen-bond donors (Lipinski definition) is 2. The summed E-state index contributed by atoms with van der Waals surface area (Å²) in [5, 5.41) is 22.5. The summed E-state index contributed by atoms with van der Waals surface area (Å²) < 4.78 is 0. The molecule has 1 aromatic rings. The van der Waals surface area contributed by atoms with Crippen molar-refractivity contribution in [2.45, 2.75) is 26.2 Å². The number of hydrogen-bond acceptors (Lipinski definition) is 4. The minimum absolute atomic E-state index is 0.129. The number of rotatable bonds is 5. The van der Waals surface area contributed by atoms with Gasteiger partial charge >= 0.3 is 0 Å². The van der Waals surface area contributed by atoms with Crippen LogP contribution < -0.4 is 0 Å². The summed E-state index contributed by atoms with van der Waals surface area (Å²) in [7, 11) is 1.49. The molecule has 0 amide bonds. The molecule has 16 heavy (non-hydrogen) atoms. The molecular weight excluding hydrogens is 206 g/mol. The number of oxime groups is 1. The van der Waals surface area contributed by atoms with Gasteiger partial charge in [-0.2, -0.15) is 0 Å². The molecule has 1 aromatic carbocycles. The third-order valence-corrected chi connectivity index (χ3v) is 2.28. The SMILES string of the molecule is CCCC/C(=N/OC)c1ccc(O)c(O)c1. The zero-order valence-corrected chi connectivity index (χ0v) is 9.60. The maximum absolute atomic E-state index is 9.40. The van der Waals surface area contributed by atoms with Crippen LogP contribution in [0.3, 0.4) is 0 Å². The van der Waals surface area contributed by atoms with Gasteiger partial charge in [0.2, 0.25) is 0 Å². The van der Waals surface area contributed by atoms with Gasteiger partial charge in [-0.05, 0) is 31.0 Å². The van der Waals surface area contributed by atoms with Crippen molar-refractivity contribution < 1.29 is 15.1 Å². The van der Waals surface area contributed by atoms with Crippen LogP contribution in [0.1, 0.15) is 31.7 Å². The van der Waals surface area contributed by atoms with E-state index in [1.807, 2.05) is 0 Å². The first-order valence-electron chi connectivity index (χ1n) is 5.31. The Balaban J connectivity index is 2.92. The average Bonchev–Trinajstić information content (AvgIpc) is 2.28. The predicted octanol–water partition coefficient (Wildman–Crippen LogP) is 2.64. The van der Waals surface area contributed by atoms with Crippen LogP contribution in [0.25, 0.3) is 0 Å². The molecule has 0 bridgehead atoms. The average molecular weight is 223 g/mol. The Kier molecular flexibility index (Phi) is 4.64. The van der Waals surface area contributed by atoms with E-state index < -0.39 is 0 Å². The van der Waals surface area contributed by atoms with Crippen molar-refractivity contribution >= 4 is 5.71 Å². The molecule has 0 aliphatic heterocycles. The van der Waals surface area contributed by atoms with E-state index in [4.69, 9.17) is 4.84 Å². The van der Waals surface area contributed by atoms with E-state index in [0.717, 1.165) is 30.5 Å². The Bertz CT molecular complexity index is 375. The van der Waals surface area contributed by atoms with Crippen molar-refractivity contribution in [3.63, 3.8) is 0 Å². The minimum Gasteiger partial charge on any atom is -0.504 e. The van der Waals surface area contributed by atoms with Crippen LogP contribution in [0, 0.1) is 0 Å². The van der Waals surface area contributed by atoms with E-state index in [9.17, 15) is 10.2 Å². The van der Waals surface area contributed by atoms with E-state index in [1.54, 1.807) is 6.07 Å². The molecule has 0 fully saturated rings. The van der Waals surface area contributed by atoms with E-state index >= 15 is 0 Å². The van der Waals surface area contributed by atoms with Crippen LogP contribution in [-0.4, -0.2) is 23.0 Å². The van der Waals surface area contributed by atoms with Crippen molar-refractivity contribution in [1.82, 2.24) is 0 Å². The normalized spacial score (nSPS) is 11.5. The smallest absolute Gasteiger partial charge is 0.158 e. The lowest BCUT2D eigenvalue weighted by Gasteiger charge is -2.06. The number of phenols is 2. The van der Waals surface area contributed by atoms with Crippen LogP contribution in [0.5, 0.6) is 11.5 Å². The number of phenolic OH excluding ortho intramolecular Hbond substituents is 2. The highest BCUT2D eigenvalue weighted by atomic mass is 16.6. The van der Waals surface area contributed by atoms with E-state index in [0.29, 0.717) is 0 Å². The highest BCUT2D eigenvalue weighted by Crippen LogP contribution is 2.25. The Morgan fingerprint density at radius 3 is 2.62 bits per heavy atom. The molecule has 0 heterocycles. The summed E-state index contributed by atoms with van der Waals surface area (Å²) in [5.41, 5.74) is 1.55. The van der Waals surface area contributed by atoms with Gasteiger partial charge in [0.05, 0.1) is 5.71 Å². The number of aromatic hydroxyl groups is 2. The molecule has 4 nitrogen and oxygen atoms in total. The maximum atomic E-state index is 9.40. The number of benzene rings is 1. The van der Waals surface area contributed by atoms with Crippen molar-refractivity contribution in [2.24, 2.45) is 5.16 Å². The van der Waals surface area contributed by atoms with Gasteiger partial charge in [-0.25, -0.2) is 0 Å². The van der Waals surface area contributed by atoms with Gasteiger partial charge in [0, 0.05) is 5.56 Å². The second kappa shape index (κ2) is 6.00. The van der Waals surface area contributed by atoms with Gasteiger partial charge in [0.15, 0.2) is 11.5 Å². The molecule has 0 aliphatic rings. The van der Waals surface area contributed by atoms with E-state index in [-0.39, 0.29) is 11.5 Å². The monoisotopic (exact) mass is 223 g/mol. The van der Waals surface area contributed by atoms with Crippen LogP contribution >= 0.6 is 0 Å². The summed E-state index contributed by atoms with van der Waals surface area (Å²) >= 11 is 0. The van der Waals surface area contributed by atoms with Crippen molar-refractivity contribution in [3.05, 3.63) is 23.8 Å². The lowest BCUT2D eigenvalue weighted by Crippen LogP contribution is -2.01. The molecule has 88 valence electrons. The van der Waals surface area contributed by atoms with Gasteiger partial charge in [0.1, 0.15) is 7.11 Å². The van der Waals surface area contributed by atoms with E-state index in [1.165, 1.54) is 19.2 Å². The van der Waals surface area contributed by atoms with Crippen LogP contribution in [0.15, 0.2) is 23.4 Å². The molecule has 2 N–H and O–H groups in total. The van der Waals surface area contributed by atoms with Crippen LogP contribution in [0.2, 0.25) is 0 Å². The van der Waals surface area contributed by atoms with Crippen molar-refractivity contribution in [3.8, 4) is 11.5 Å². The number of nitrogens with zero attached hydrogens (tertiary/aromatic N) is 1. The largest absolute Gasteiger partial charge is 0.504 e. The molecule has 1 rings (SSSR count). The minimum atomic E-state index is -0.141.